The maximum absolute atomic E-state index is 14.2. The van der Waals surface area contributed by atoms with Gasteiger partial charge in [-0.2, -0.15) is 0 Å². The number of hydrogen-bond acceptors (Lipinski definition) is 1. The molecular weight excluding hydrogens is 642 g/mol. The van der Waals surface area contributed by atoms with E-state index in [0.717, 1.165) is 28.2 Å². The van der Waals surface area contributed by atoms with Crippen LogP contribution in [0.25, 0.3) is 22.3 Å². The number of anilines is 3. The van der Waals surface area contributed by atoms with Crippen LogP contribution >= 0.6 is 10.0 Å². The Morgan fingerprint density at radius 2 is 0.549 bits per heavy atom. The molecule has 8 aromatic rings. The monoisotopic (exact) mass is 677 g/mol. The Hall–Kier alpha value is -6.16. The van der Waals surface area contributed by atoms with Crippen LogP contribution in [0, 0.1) is 5.82 Å². The summed E-state index contributed by atoms with van der Waals surface area (Å²) in [6.45, 7) is 0. The molecule has 0 saturated carbocycles. The molecule has 0 aliphatic rings. The first-order valence-corrected chi connectivity index (χ1v) is 18.7. The summed E-state index contributed by atoms with van der Waals surface area (Å²) in [6.07, 6.45) is 0. The van der Waals surface area contributed by atoms with Crippen LogP contribution in [0.4, 0.5) is 21.5 Å². The van der Waals surface area contributed by atoms with Gasteiger partial charge in [-0.1, -0.05) is 121 Å². The molecule has 246 valence electrons. The molecular formula is C48H36FNS. The van der Waals surface area contributed by atoms with Gasteiger partial charge in [-0.25, -0.2) is 4.39 Å². The summed E-state index contributed by atoms with van der Waals surface area (Å²) >= 11 is 0. The molecule has 3 heteroatoms. The molecule has 8 aromatic carbocycles. The highest BCUT2D eigenvalue weighted by atomic mass is 32.3. The van der Waals surface area contributed by atoms with E-state index in [-0.39, 0.29) is 5.82 Å². The van der Waals surface area contributed by atoms with Crippen LogP contribution in [0.1, 0.15) is 0 Å². The van der Waals surface area contributed by atoms with E-state index in [4.69, 9.17) is 0 Å². The highest BCUT2D eigenvalue weighted by Gasteiger charge is 2.33. The lowest BCUT2D eigenvalue weighted by molar-refractivity contribution is 0.628. The van der Waals surface area contributed by atoms with Crippen LogP contribution in [0.5, 0.6) is 0 Å². The van der Waals surface area contributed by atoms with Crippen molar-refractivity contribution in [3.05, 3.63) is 224 Å². The van der Waals surface area contributed by atoms with Crippen molar-refractivity contribution in [3.63, 3.8) is 0 Å². The Morgan fingerprint density at radius 3 is 0.941 bits per heavy atom. The van der Waals surface area contributed by atoms with E-state index in [1.807, 2.05) is 18.2 Å². The van der Waals surface area contributed by atoms with Gasteiger partial charge in [0.15, 0.2) is 0 Å². The molecule has 0 aliphatic carbocycles. The minimum atomic E-state index is -1.81. The first-order chi connectivity index (χ1) is 25.2. The fraction of sp³-hybridized carbons (Fsp3) is 0. The SMILES string of the molecule is Fc1ccc(N(c2ccc(-c3ccc(-c4ccccc4)cc3)cc2)c2ccc(S(c3ccccc3)(c3ccccc3)c3ccccc3)cc2)cc1. The largest absolute Gasteiger partial charge is 0.311 e. The normalized spacial score (nSPS) is 11.5. The van der Waals surface area contributed by atoms with Crippen LogP contribution in [0.3, 0.4) is 0 Å². The summed E-state index contributed by atoms with van der Waals surface area (Å²) in [4.78, 5) is 7.26. The highest BCUT2D eigenvalue weighted by molar-refractivity contribution is 8.34. The molecule has 0 unspecified atom stereocenters. The van der Waals surface area contributed by atoms with Crippen molar-refractivity contribution in [2.75, 3.05) is 4.90 Å². The quantitative estimate of drug-likeness (QED) is 0.147. The summed E-state index contributed by atoms with van der Waals surface area (Å²) < 4.78 is 14.2. The van der Waals surface area contributed by atoms with Gasteiger partial charge in [-0.15, -0.1) is 10.0 Å². The highest BCUT2D eigenvalue weighted by Crippen LogP contribution is 2.73. The van der Waals surface area contributed by atoms with Gasteiger partial charge in [0, 0.05) is 36.6 Å². The minimum Gasteiger partial charge on any atom is -0.311 e. The molecule has 8 rings (SSSR count). The number of rotatable bonds is 9. The molecule has 0 N–H and O–H groups in total. The van der Waals surface area contributed by atoms with E-state index in [0.29, 0.717) is 0 Å². The second-order valence-corrected chi connectivity index (χ2v) is 15.5. The molecule has 51 heavy (non-hydrogen) atoms. The van der Waals surface area contributed by atoms with Gasteiger partial charge in [0.2, 0.25) is 0 Å². The van der Waals surface area contributed by atoms with Crippen molar-refractivity contribution < 1.29 is 4.39 Å². The zero-order chi connectivity index (χ0) is 34.5. The Morgan fingerprint density at radius 1 is 0.275 bits per heavy atom. The fourth-order valence-electron chi connectivity index (χ4n) is 6.82. The summed E-state index contributed by atoms with van der Waals surface area (Å²) in [5, 5.41) is 0. The third-order valence-electron chi connectivity index (χ3n) is 9.27. The van der Waals surface area contributed by atoms with Crippen molar-refractivity contribution in [1.82, 2.24) is 0 Å². The molecule has 1 nitrogen and oxygen atoms in total. The predicted molar refractivity (Wildman–Crippen MR) is 212 cm³/mol. The standard InChI is InChI=1S/C48H36FNS/c49-41-27-31-43(32-28-41)50(42-29-25-40(26-30-42)39-23-21-38(22-24-39)37-13-5-1-6-14-37)44-33-35-48(36-34-44)51(45-15-7-2-8-16-45,46-17-9-3-10-18-46)47-19-11-4-12-20-47/h1-36H. The average molecular weight is 678 g/mol. The molecule has 0 aliphatic heterocycles. The van der Waals surface area contributed by atoms with Crippen LogP contribution in [-0.2, 0) is 0 Å². The molecule has 0 saturated heterocycles. The van der Waals surface area contributed by atoms with E-state index >= 15 is 0 Å². The van der Waals surface area contributed by atoms with Crippen molar-refractivity contribution in [2.45, 2.75) is 19.6 Å². The number of benzene rings is 8. The number of hydrogen-bond donors (Lipinski definition) is 0. The van der Waals surface area contributed by atoms with Gasteiger partial charge < -0.3 is 4.90 Å². The lowest BCUT2D eigenvalue weighted by atomic mass is 10.00. The van der Waals surface area contributed by atoms with E-state index in [9.17, 15) is 4.39 Å². The molecule has 0 amide bonds. The number of halogens is 1. The Kier molecular flexibility index (Phi) is 9.03. The first kappa shape index (κ1) is 32.1. The van der Waals surface area contributed by atoms with Gasteiger partial charge >= 0.3 is 0 Å². The zero-order valence-electron chi connectivity index (χ0n) is 28.0. The first-order valence-electron chi connectivity index (χ1n) is 17.1. The van der Waals surface area contributed by atoms with E-state index in [1.165, 1.54) is 42.8 Å². The Bertz CT molecular complexity index is 2210. The van der Waals surface area contributed by atoms with Crippen LogP contribution in [-0.4, -0.2) is 0 Å². The van der Waals surface area contributed by atoms with Crippen molar-refractivity contribution >= 4 is 27.1 Å². The topological polar surface area (TPSA) is 3.24 Å². The van der Waals surface area contributed by atoms with Crippen molar-refractivity contribution in [2.24, 2.45) is 0 Å². The molecule has 0 bridgehead atoms. The molecule has 0 fully saturated rings. The maximum Gasteiger partial charge on any atom is 0.123 e. The smallest absolute Gasteiger partial charge is 0.123 e. The summed E-state index contributed by atoms with van der Waals surface area (Å²) in [5.74, 6) is -0.259. The van der Waals surface area contributed by atoms with E-state index < -0.39 is 10.0 Å². The Labute approximate surface area is 301 Å². The number of nitrogens with zero attached hydrogens (tertiary/aromatic N) is 1. The van der Waals surface area contributed by atoms with Crippen LogP contribution in [0.15, 0.2) is 238 Å². The van der Waals surface area contributed by atoms with E-state index in [1.54, 1.807) is 0 Å². The van der Waals surface area contributed by atoms with Gasteiger partial charge in [0.1, 0.15) is 5.82 Å². The fourth-order valence-corrected chi connectivity index (χ4v) is 10.7. The van der Waals surface area contributed by atoms with Gasteiger partial charge in [-0.05, 0) is 119 Å². The third-order valence-corrected chi connectivity index (χ3v) is 13.2. The van der Waals surface area contributed by atoms with Gasteiger partial charge in [0.05, 0.1) is 0 Å². The maximum atomic E-state index is 14.2. The summed E-state index contributed by atoms with van der Waals surface area (Å²) in [5.41, 5.74) is 7.56. The molecule has 0 spiro atoms. The predicted octanol–water partition coefficient (Wildman–Crippen LogP) is 14.0. The Balaban J connectivity index is 1.20. The summed E-state index contributed by atoms with van der Waals surface area (Å²) in [6, 6.07) is 76.0. The van der Waals surface area contributed by atoms with Gasteiger partial charge in [-0.3, -0.25) is 0 Å². The average Bonchev–Trinajstić information content (AvgIpc) is 3.21. The summed E-state index contributed by atoms with van der Waals surface area (Å²) in [7, 11) is -1.81. The molecule has 0 atom stereocenters. The van der Waals surface area contributed by atoms with Crippen LogP contribution in [0.2, 0.25) is 0 Å². The van der Waals surface area contributed by atoms with Crippen molar-refractivity contribution in [1.29, 1.82) is 0 Å². The third kappa shape index (κ3) is 6.36. The molecule has 0 aromatic heterocycles. The van der Waals surface area contributed by atoms with Crippen LogP contribution < -0.4 is 4.90 Å². The van der Waals surface area contributed by atoms with Gasteiger partial charge in [0.25, 0.3) is 0 Å². The zero-order valence-corrected chi connectivity index (χ0v) is 28.8. The van der Waals surface area contributed by atoms with E-state index in [2.05, 4.69) is 193 Å². The molecule has 0 radical (unpaired) electrons. The lowest BCUT2D eigenvalue weighted by Crippen LogP contribution is -2.10. The molecule has 0 heterocycles. The van der Waals surface area contributed by atoms with Crippen molar-refractivity contribution in [3.8, 4) is 22.3 Å². The second-order valence-electron chi connectivity index (χ2n) is 12.3. The lowest BCUT2D eigenvalue weighted by Gasteiger charge is -2.42. The second kappa shape index (κ2) is 14.4. The minimum absolute atomic E-state index is 0.259.